The van der Waals surface area contributed by atoms with Gasteiger partial charge in [-0.15, -0.1) is 0 Å². The molecule has 3 aromatic rings. The molecule has 1 saturated heterocycles. The van der Waals surface area contributed by atoms with Crippen LogP contribution in [0.5, 0.6) is 5.75 Å². The van der Waals surface area contributed by atoms with Crippen molar-refractivity contribution in [2.75, 3.05) is 18.5 Å². The van der Waals surface area contributed by atoms with Crippen molar-refractivity contribution >= 4 is 22.6 Å². The monoisotopic (exact) mass is 365 g/mol. The Balaban J connectivity index is 1.47. The van der Waals surface area contributed by atoms with Gasteiger partial charge in [-0.25, -0.2) is 0 Å². The summed E-state index contributed by atoms with van der Waals surface area (Å²) in [4.78, 5) is 24.6. The van der Waals surface area contributed by atoms with Crippen molar-refractivity contribution in [1.29, 1.82) is 0 Å². The van der Waals surface area contributed by atoms with Crippen molar-refractivity contribution in [3.8, 4) is 5.75 Å². The van der Waals surface area contributed by atoms with Gasteiger partial charge in [0.2, 0.25) is 0 Å². The van der Waals surface area contributed by atoms with Crippen molar-refractivity contribution in [3.63, 3.8) is 0 Å². The van der Waals surface area contributed by atoms with Gasteiger partial charge in [-0.2, -0.15) is 0 Å². The van der Waals surface area contributed by atoms with Crippen molar-refractivity contribution < 1.29 is 18.7 Å². The quantitative estimate of drug-likeness (QED) is 0.747. The van der Waals surface area contributed by atoms with Gasteiger partial charge in [-0.05, 0) is 37.1 Å². The number of para-hydroxylation sites is 1. The molecule has 0 saturated carbocycles. The summed E-state index contributed by atoms with van der Waals surface area (Å²) in [5, 5.41) is 3.18. The second-order valence-corrected chi connectivity index (χ2v) is 6.40. The van der Waals surface area contributed by atoms with Gasteiger partial charge in [0.25, 0.3) is 5.91 Å². The summed E-state index contributed by atoms with van der Waals surface area (Å²) in [5.41, 5.74) is 0.681. The van der Waals surface area contributed by atoms with Crippen LogP contribution in [0.25, 0.3) is 11.0 Å². The number of carbonyl (C=O) groups excluding carboxylic acids is 1. The van der Waals surface area contributed by atoms with E-state index in [1.165, 1.54) is 6.07 Å². The first-order chi connectivity index (χ1) is 13.2. The maximum absolute atomic E-state index is 12.5. The lowest BCUT2D eigenvalue weighted by molar-refractivity contribution is 0.0680. The Morgan fingerprint density at radius 1 is 1.15 bits per heavy atom. The van der Waals surface area contributed by atoms with Gasteiger partial charge in [0.1, 0.15) is 17.9 Å². The number of rotatable bonds is 5. The standard InChI is InChI=1S/C21H19NO5/c23-18-12-20(27-19-9-2-1-8-17(18)19)21(24)22-14-5-3-6-15(11-14)26-13-16-7-4-10-25-16/h1-3,5-6,8-9,11-12,16H,4,7,10,13H2,(H,22,24)/t16-/m0/s1. The molecule has 6 heteroatoms. The topological polar surface area (TPSA) is 77.8 Å². The second-order valence-electron chi connectivity index (χ2n) is 6.40. The average Bonchev–Trinajstić information content (AvgIpc) is 3.20. The molecule has 1 atom stereocenters. The van der Waals surface area contributed by atoms with Crippen LogP contribution in [-0.2, 0) is 4.74 Å². The Labute approximate surface area is 155 Å². The summed E-state index contributed by atoms with van der Waals surface area (Å²) in [7, 11) is 0. The Morgan fingerprint density at radius 3 is 2.89 bits per heavy atom. The predicted octanol–water partition coefficient (Wildman–Crippen LogP) is 3.60. The Morgan fingerprint density at radius 2 is 2.04 bits per heavy atom. The molecule has 0 aliphatic carbocycles. The lowest BCUT2D eigenvalue weighted by atomic mass is 10.2. The van der Waals surface area contributed by atoms with E-state index in [-0.39, 0.29) is 17.3 Å². The summed E-state index contributed by atoms with van der Waals surface area (Å²) in [6.07, 6.45) is 2.17. The summed E-state index contributed by atoms with van der Waals surface area (Å²) >= 11 is 0. The number of benzene rings is 2. The van der Waals surface area contributed by atoms with Crippen molar-refractivity contribution in [2.24, 2.45) is 0 Å². The smallest absolute Gasteiger partial charge is 0.291 e. The summed E-state index contributed by atoms with van der Waals surface area (Å²) in [5.74, 6) is 0.113. The van der Waals surface area contributed by atoms with E-state index in [1.807, 2.05) is 6.07 Å². The number of fused-ring (bicyclic) bond motifs is 1. The van der Waals surface area contributed by atoms with E-state index < -0.39 is 5.91 Å². The summed E-state index contributed by atoms with van der Waals surface area (Å²) in [6.45, 7) is 1.26. The largest absolute Gasteiger partial charge is 0.491 e. The number of hydrogen-bond donors (Lipinski definition) is 1. The zero-order chi connectivity index (χ0) is 18.6. The third-order valence-corrected chi connectivity index (χ3v) is 4.41. The molecule has 1 aliphatic heterocycles. The lowest BCUT2D eigenvalue weighted by Crippen LogP contribution is -2.17. The fraction of sp³-hybridized carbons (Fsp3) is 0.238. The molecule has 138 valence electrons. The van der Waals surface area contributed by atoms with Crippen LogP contribution in [0.4, 0.5) is 5.69 Å². The molecular weight excluding hydrogens is 346 g/mol. The zero-order valence-corrected chi connectivity index (χ0v) is 14.6. The fourth-order valence-electron chi connectivity index (χ4n) is 3.04. The highest BCUT2D eigenvalue weighted by Crippen LogP contribution is 2.20. The molecule has 27 heavy (non-hydrogen) atoms. The van der Waals surface area contributed by atoms with Gasteiger partial charge in [-0.3, -0.25) is 9.59 Å². The number of carbonyl (C=O) groups is 1. The number of nitrogens with one attached hydrogen (secondary N) is 1. The summed E-state index contributed by atoms with van der Waals surface area (Å²) in [6, 6.07) is 15.1. The van der Waals surface area contributed by atoms with Gasteiger partial charge < -0.3 is 19.2 Å². The van der Waals surface area contributed by atoms with Crippen molar-refractivity contribution in [1.82, 2.24) is 0 Å². The second kappa shape index (κ2) is 7.63. The van der Waals surface area contributed by atoms with Crippen LogP contribution in [-0.4, -0.2) is 25.2 Å². The number of amides is 1. The number of hydrogen-bond acceptors (Lipinski definition) is 5. The minimum absolute atomic E-state index is 0.0376. The Bertz CT molecular complexity index is 1020. The highest BCUT2D eigenvalue weighted by Gasteiger charge is 2.16. The first kappa shape index (κ1) is 17.3. The molecule has 1 aromatic heterocycles. The van der Waals surface area contributed by atoms with Crippen LogP contribution in [0.15, 0.2) is 63.8 Å². The zero-order valence-electron chi connectivity index (χ0n) is 14.6. The molecule has 1 aliphatic rings. The predicted molar refractivity (Wildman–Crippen MR) is 101 cm³/mol. The van der Waals surface area contributed by atoms with E-state index in [1.54, 1.807) is 42.5 Å². The molecule has 0 radical (unpaired) electrons. The maximum atomic E-state index is 12.5. The van der Waals surface area contributed by atoms with E-state index >= 15 is 0 Å². The molecule has 1 N–H and O–H groups in total. The van der Waals surface area contributed by atoms with E-state index in [0.717, 1.165) is 19.4 Å². The van der Waals surface area contributed by atoms with Crippen LogP contribution in [0.2, 0.25) is 0 Å². The third kappa shape index (κ3) is 4.01. The fourth-order valence-corrected chi connectivity index (χ4v) is 3.04. The van der Waals surface area contributed by atoms with Crippen LogP contribution in [0.1, 0.15) is 23.4 Å². The number of anilines is 1. The minimum Gasteiger partial charge on any atom is -0.491 e. The number of ether oxygens (including phenoxy) is 2. The van der Waals surface area contributed by atoms with Gasteiger partial charge in [0.15, 0.2) is 11.2 Å². The van der Waals surface area contributed by atoms with Gasteiger partial charge in [0, 0.05) is 24.4 Å². The van der Waals surface area contributed by atoms with Crippen LogP contribution in [0, 0.1) is 0 Å². The molecule has 6 nitrogen and oxygen atoms in total. The van der Waals surface area contributed by atoms with Gasteiger partial charge >= 0.3 is 0 Å². The maximum Gasteiger partial charge on any atom is 0.291 e. The Kier molecular flexibility index (Phi) is 4.89. The van der Waals surface area contributed by atoms with Gasteiger partial charge in [0.05, 0.1) is 11.5 Å². The highest BCUT2D eigenvalue weighted by atomic mass is 16.5. The molecule has 2 heterocycles. The summed E-state index contributed by atoms with van der Waals surface area (Å²) < 4.78 is 16.8. The minimum atomic E-state index is -0.492. The molecule has 0 bridgehead atoms. The molecular formula is C21H19NO5. The van der Waals surface area contributed by atoms with Crippen LogP contribution in [0.3, 0.4) is 0 Å². The molecule has 2 aromatic carbocycles. The van der Waals surface area contributed by atoms with Crippen molar-refractivity contribution in [2.45, 2.75) is 18.9 Å². The Hall–Kier alpha value is -3.12. The SMILES string of the molecule is O=C(Nc1cccc(OC[C@@H]2CCCO2)c1)c1cc(=O)c2ccccc2o1. The van der Waals surface area contributed by atoms with Crippen LogP contribution < -0.4 is 15.5 Å². The van der Waals surface area contributed by atoms with Gasteiger partial charge in [-0.1, -0.05) is 18.2 Å². The molecule has 1 fully saturated rings. The first-order valence-corrected chi connectivity index (χ1v) is 8.88. The van der Waals surface area contributed by atoms with E-state index in [0.29, 0.717) is 29.0 Å². The third-order valence-electron chi connectivity index (χ3n) is 4.41. The lowest BCUT2D eigenvalue weighted by Gasteiger charge is -2.12. The normalized spacial score (nSPS) is 16.4. The van der Waals surface area contributed by atoms with Crippen LogP contribution >= 0.6 is 0 Å². The highest BCUT2D eigenvalue weighted by molar-refractivity contribution is 6.03. The molecule has 4 rings (SSSR count). The molecule has 1 amide bonds. The van der Waals surface area contributed by atoms with Crippen molar-refractivity contribution in [3.05, 3.63) is 70.6 Å². The van der Waals surface area contributed by atoms with E-state index in [9.17, 15) is 9.59 Å². The average molecular weight is 365 g/mol. The van der Waals surface area contributed by atoms with E-state index in [4.69, 9.17) is 13.9 Å². The van der Waals surface area contributed by atoms with E-state index in [2.05, 4.69) is 5.32 Å². The molecule has 0 spiro atoms. The molecule has 0 unspecified atom stereocenters. The first-order valence-electron chi connectivity index (χ1n) is 8.88.